The minimum Gasteiger partial charge on any atom is -0.497 e. The topological polar surface area (TPSA) is 56.1 Å². The van der Waals surface area contributed by atoms with Gasteiger partial charge in [-0.3, -0.25) is 9.36 Å². The molecule has 0 bridgehead atoms. The molecule has 0 saturated heterocycles. The molecule has 0 unspecified atom stereocenters. The normalized spacial score (nSPS) is 11.4. The van der Waals surface area contributed by atoms with Gasteiger partial charge in [0.2, 0.25) is 5.91 Å². The lowest BCUT2D eigenvalue weighted by Gasteiger charge is -2.20. The van der Waals surface area contributed by atoms with Crippen molar-refractivity contribution in [3.8, 4) is 11.4 Å². The number of thioether (sulfide) groups is 1. The molecule has 1 aromatic heterocycles. The maximum Gasteiger partial charge on any atom is 0.234 e. The molecule has 1 amide bonds. The van der Waals surface area contributed by atoms with E-state index < -0.39 is 0 Å². The Kier molecular flexibility index (Phi) is 7.27. The van der Waals surface area contributed by atoms with Crippen molar-refractivity contribution >= 4 is 34.4 Å². The molecule has 0 saturated carbocycles. The monoisotopic (exact) mass is 473 g/mol. The van der Waals surface area contributed by atoms with E-state index in [1.807, 2.05) is 48.5 Å². The number of aromatic nitrogens is 2. The number of benzene rings is 3. The molecule has 5 nitrogen and oxygen atoms in total. The molecule has 0 aliphatic heterocycles. The van der Waals surface area contributed by atoms with Gasteiger partial charge in [0.25, 0.3) is 0 Å². The van der Waals surface area contributed by atoms with Crippen LogP contribution in [-0.4, -0.2) is 28.3 Å². The van der Waals surface area contributed by atoms with E-state index in [9.17, 15) is 4.79 Å². The summed E-state index contributed by atoms with van der Waals surface area (Å²) in [7, 11) is 1.66. The predicted octanol–water partition coefficient (Wildman–Crippen LogP) is 7.01. The molecular formula is C28H31N3O2S. The summed E-state index contributed by atoms with van der Waals surface area (Å²) in [5.74, 6) is 1.67. The number of nitrogens with zero attached hydrogens (tertiary/aromatic N) is 2. The molecule has 3 aromatic carbocycles. The standard InChI is InChI=1S/C28H31N3O2S/c1-18(2)22-9-8-10-23(19(3)4)27(22)30-26(32)17-34-28-29-24-11-6-7-12-25(24)31(28)20-13-15-21(33-5)16-14-20/h6-16,18-19H,17H2,1-5H3,(H,30,32). The lowest BCUT2D eigenvalue weighted by molar-refractivity contribution is -0.113. The van der Waals surface area contributed by atoms with Gasteiger partial charge in [0.05, 0.1) is 23.9 Å². The number of anilines is 1. The molecule has 1 heterocycles. The number of nitrogens with one attached hydrogen (secondary N) is 1. The summed E-state index contributed by atoms with van der Waals surface area (Å²) < 4.78 is 7.40. The zero-order valence-corrected chi connectivity index (χ0v) is 21.1. The number of imidazole rings is 1. The van der Waals surface area contributed by atoms with Gasteiger partial charge >= 0.3 is 0 Å². The number of fused-ring (bicyclic) bond motifs is 1. The first kappa shape index (κ1) is 23.9. The zero-order chi connectivity index (χ0) is 24.2. The summed E-state index contributed by atoms with van der Waals surface area (Å²) in [5, 5.41) is 3.99. The highest BCUT2D eigenvalue weighted by Crippen LogP contribution is 2.33. The van der Waals surface area contributed by atoms with Crippen LogP contribution < -0.4 is 10.1 Å². The van der Waals surface area contributed by atoms with Crippen molar-refractivity contribution < 1.29 is 9.53 Å². The van der Waals surface area contributed by atoms with Crippen molar-refractivity contribution in [2.24, 2.45) is 0 Å². The van der Waals surface area contributed by atoms with Gasteiger partial charge in [0.1, 0.15) is 5.75 Å². The Morgan fingerprint density at radius 2 is 1.59 bits per heavy atom. The van der Waals surface area contributed by atoms with Gasteiger partial charge in [-0.05, 0) is 59.4 Å². The maximum atomic E-state index is 13.1. The third kappa shape index (κ3) is 4.97. The van der Waals surface area contributed by atoms with Crippen LogP contribution in [0.5, 0.6) is 5.75 Å². The fourth-order valence-electron chi connectivity index (χ4n) is 4.08. The number of para-hydroxylation sites is 3. The summed E-state index contributed by atoms with van der Waals surface area (Å²) in [6.45, 7) is 8.62. The number of hydrogen-bond donors (Lipinski definition) is 1. The molecule has 0 fully saturated rings. The van der Waals surface area contributed by atoms with Gasteiger partial charge < -0.3 is 10.1 Å². The number of hydrogen-bond acceptors (Lipinski definition) is 4. The van der Waals surface area contributed by atoms with Gasteiger partial charge in [-0.1, -0.05) is 69.8 Å². The minimum absolute atomic E-state index is 0.0339. The Bertz CT molecular complexity index is 1270. The number of carbonyl (C=O) groups is 1. The van der Waals surface area contributed by atoms with Crippen molar-refractivity contribution in [2.45, 2.75) is 44.7 Å². The van der Waals surface area contributed by atoms with E-state index in [0.29, 0.717) is 11.8 Å². The molecule has 6 heteroatoms. The van der Waals surface area contributed by atoms with Crippen LogP contribution in [0.3, 0.4) is 0 Å². The van der Waals surface area contributed by atoms with Crippen LogP contribution >= 0.6 is 11.8 Å². The molecule has 0 spiro atoms. The third-order valence-electron chi connectivity index (χ3n) is 5.83. The molecule has 4 aromatic rings. The van der Waals surface area contributed by atoms with Crippen molar-refractivity contribution in [2.75, 3.05) is 18.2 Å². The summed E-state index contributed by atoms with van der Waals surface area (Å²) in [4.78, 5) is 17.9. The van der Waals surface area contributed by atoms with Gasteiger partial charge in [-0.25, -0.2) is 4.98 Å². The van der Waals surface area contributed by atoms with Crippen LogP contribution in [0.25, 0.3) is 16.7 Å². The summed E-state index contributed by atoms with van der Waals surface area (Å²) in [6.07, 6.45) is 0. The van der Waals surface area contributed by atoms with E-state index in [0.717, 1.165) is 44.4 Å². The highest BCUT2D eigenvalue weighted by atomic mass is 32.2. The second kappa shape index (κ2) is 10.3. The van der Waals surface area contributed by atoms with Gasteiger partial charge in [-0.15, -0.1) is 0 Å². The summed E-state index contributed by atoms with van der Waals surface area (Å²) in [5.41, 5.74) is 6.15. The molecular weight excluding hydrogens is 442 g/mol. The highest BCUT2D eigenvalue weighted by Gasteiger charge is 2.18. The van der Waals surface area contributed by atoms with Crippen LogP contribution in [0, 0.1) is 0 Å². The van der Waals surface area contributed by atoms with Gasteiger partial charge in [-0.2, -0.15) is 0 Å². The van der Waals surface area contributed by atoms with Crippen molar-refractivity contribution in [3.05, 3.63) is 77.9 Å². The molecule has 0 aliphatic carbocycles. The van der Waals surface area contributed by atoms with Crippen LogP contribution in [-0.2, 0) is 4.79 Å². The second-order valence-corrected chi connectivity index (χ2v) is 9.82. The lowest BCUT2D eigenvalue weighted by atomic mass is 9.92. The fraction of sp³-hybridized carbons (Fsp3) is 0.286. The molecule has 0 atom stereocenters. The maximum absolute atomic E-state index is 13.1. The van der Waals surface area contributed by atoms with Crippen molar-refractivity contribution in [1.29, 1.82) is 0 Å². The van der Waals surface area contributed by atoms with Crippen LogP contribution in [0.4, 0.5) is 5.69 Å². The Morgan fingerprint density at radius 1 is 0.941 bits per heavy atom. The zero-order valence-electron chi connectivity index (χ0n) is 20.3. The fourth-order valence-corrected chi connectivity index (χ4v) is 4.91. The van der Waals surface area contributed by atoms with E-state index in [1.54, 1.807) is 7.11 Å². The SMILES string of the molecule is COc1ccc(-n2c(SCC(=O)Nc3c(C(C)C)cccc3C(C)C)nc3ccccc32)cc1. The first-order chi connectivity index (χ1) is 16.4. The quantitative estimate of drug-likeness (QED) is 0.280. The summed E-state index contributed by atoms with van der Waals surface area (Å²) >= 11 is 1.44. The molecule has 0 radical (unpaired) electrons. The molecule has 34 heavy (non-hydrogen) atoms. The third-order valence-corrected chi connectivity index (χ3v) is 6.77. The Balaban J connectivity index is 1.61. The Morgan fingerprint density at radius 3 is 2.21 bits per heavy atom. The summed E-state index contributed by atoms with van der Waals surface area (Å²) in [6, 6.07) is 22.2. The molecule has 4 rings (SSSR count). The highest BCUT2D eigenvalue weighted by molar-refractivity contribution is 7.99. The van der Waals surface area contributed by atoms with Crippen LogP contribution in [0.1, 0.15) is 50.7 Å². The Labute approximate surface area is 205 Å². The van der Waals surface area contributed by atoms with E-state index >= 15 is 0 Å². The number of methoxy groups -OCH3 is 1. The number of carbonyl (C=O) groups excluding carboxylic acids is 1. The molecule has 176 valence electrons. The Hall–Kier alpha value is -3.25. The number of amides is 1. The van der Waals surface area contributed by atoms with E-state index in [2.05, 4.69) is 55.8 Å². The smallest absolute Gasteiger partial charge is 0.234 e. The largest absolute Gasteiger partial charge is 0.497 e. The van der Waals surface area contributed by atoms with Gasteiger partial charge in [0, 0.05) is 11.4 Å². The average molecular weight is 474 g/mol. The van der Waals surface area contributed by atoms with Crippen molar-refractivity contribution in [3.63, 3.8) is 0 Å². The molecule has 1 N–H and O–H groups in total. The van der Waals surface area contributed by atoms with Crippen LogP contribution in [0.15, 0.2) is 71.9 Å². The van der Waals surface area contributed by atoms with E-state index in [1.165, 1.54) is 11.8 Å². The van der Waals surface area contributed by atoms with Gasteiger partial charge in [0.15, 0.2) is 5.16 Å². The van der Waals surface area contributed by atoms with Crippen LogP contribution in [0.2, 0.25) is 0 Å². The molecule has 0 aliphatic rings. The van der Waals surface area contributed by atoms with Crippen molar-refractivity contribution in [1.82, 2.24) is 9.55 Å². The predicted molar refractivity (Wildman–Crippen MR) is 142 cm³/mol. The van der Waals surface area contributed by atoms with E-state index in [-0.39, 0.29) is 11.7 Å². The first-order valence-corrected chi connectivity index (χ1v) is 12.5. The number of ether oxygens (including phenoxy) is 1. The minimum atomic E-state index is -0.0339. The lowest BCUT2D eigenvalue weighted by Crippen LogP contribution is -2.18. The number of rotatable bonds is 8. The second-order valence-electron chi connectivity index (χ2n) is 8.87. The first-order valence-electron chi connectivity index (χ1n) is 11.6. The van der Waals surface area contributed by atoms with E-state index in [4.69, 9.17) is 9.72 Å². The average Bonchev–Trinajstić information content (AvgIpc) is 3.21.